The van der Waals surface area contributed by atoms with E-state index in [1.165, 1.54) is 29.8 Å². The predicted octanol–water partition coefficient (Wildman–Crippen LogP) is 0.487. The van der Waals surface area contributed by atoms with Crippen LogP contribution in [0.15, 0.2) is 33.9 Å². The summed E-state index contributed by atoms with van der Waals surface area (Å²) in [6.45, 7) is 0.404. The Morgan fingerprint density at radius 3 is 2.64 bits per heavy atom. The molecule has 0 amide bonds. The van der Waals surface area contributed by atoms with Crippen LogP contribution in [0.2, 0.25) is 0 Å². The number of nitrogens with zero attached hydrogens (tertiary/aromatic N) is 3. The summed E-state index contributed by atoms with van der Waals surface area (Å²) in [6, 6.07) is 5.60. The van der Waals surface area contributed by atoms with Gasteiger partial charge in [-0.3, -0.25) is 18.7 Å². The van der Waals surface area contributed by atoms with Crippen molar-refractivity contribution in [3.05, 3.63) is 62.2 Å². The van der Waals surface area contributed by atoms with Gasteiger partial charge in [-0.05, 0) is 30.2 Å². The number of benzene rings is 1. The fourth-order valence-corrected chi connectivity index (χ4v) is 3.16. The average Bonchev–Trinajstić information content (AvgIpc) is 2.57. The first-order chi connectivity index (χ1) is 11.8. The van der Waals surface area contributed by atoms with E-state index in [0.717, 1.165) is 4.57 Å². The van der Waals surface area contributed by atoms with Crippen molar-refractivity contribution in [1.82, 2.24) is 9.13 Å². The molecule has 1 unspecified atom stereocenters. The molecule has 7 nitrogen and oxygen atoms in total. The van der Waals surface area contributed by atoms with Crippen LogP contribution in [0.5, 0.6) is 0 Å². The van der Waals surface area contributed by atoms with Crippen LogP contribution in [0.25, 0.3) is 0 Å². The molecule has 0 spiro atoms. The Kier molecular flexibility index (Phi) is 4.20. The van der Waals surface area contributed by atoms with Crippen molar-refractivity contribution < 1.29 is 14.3 Å². The van der Waals surface area contributed by atoms with Gasteiger partial charge < -0.3 is 10.0 Å². The predicted molar refractivity (Wildman–Crippen MR) is 89.2 cm³/mol. The van der Waals surface area contributed by atoms with Crippen LogP contribution in [0.4, 0.5) is 10.1 Å². The average molecular weight is 347 g/mol. The first-order valence-electron chi connectivity index (χ1n) is 7.80. The number of halogens is 1. The van der Waals surface area contributed by atoms with Crippen molar-refractivity contribution >= 4 is 11.7 Å². The van der Waals surface area contributed by atoms with E-state index in [1.807, 2.05) is 0 Å². The zero-order valence-corrected chi connectivity index (χ0v) is 13.9. The third-order valence-electron chi connectivity index (χ3n) is 4.62. The Morgan fingerprint density at radius 2 is 1.96 bits per heavy atom. The van der Waals surface area contributed by atoms with Gasteiger partial charge in [-0.1, -0.05) is 0 Å². The van der Waals surface area contributed by atoms with Crippen molar-refractivity contribution in [2.45, 2.75) is 13.0 Å². The highest BCUT2D eigenvalue weighted by Crippen LogP contribution is 2.31. The normalized spacial score (nSPS) is 16.6. The van der Waals surface area contributed by atoms with E-state index in [4.69, 9.17) is 0 Å². The second-order valence-electron chi connectivity index (χ2n) is 6.27. The summed E-state index contributed by atoms with van der Waals surface area (Å²) in [5.74, 6) is -2.07. The van der Waals surface area contributed by atoms with Crippen molar-refractivity contribution in [1.29, 1.82) is 0 Å². The number of aliphatic carboxylic acids is 1. The van der Waals surface area contributed by atoms with E-state index in [2.05, 4.69) is 0 Å². The smallest absolute Gasteiger partial charge is 0.330 e. The molecule has 1 aliphatic rings. The van der Waals surface area contributed by atoms with E-state index in [0.29, 0.717) is 16.9 Å². The Labute approximate surface area is 142 Å². The number of carboxylic acids is 1. The lowest BCUT2D eigenvalue weighted by Gasteiger charge is -2.35. The van der Waals surface area contributed by atoms with Crippen LogP contribution in [0.3, 0.4) is 0 Å². The zero-order valence-electron chi connectivity index (χ0n) is 13.9. The lowest BCUT2D eigenvalue weighted by molar-refractivity contribution is -0.141. The van der Waals surface area contributed by atoms with Crippen LogP contribution >= 0.6 is 0 Å². The molecule has 0 saturated heterocycles. The molecule has 2 heterocycles. The van der Waals surface area contributed by atoms with Gasteiger partial charge >= 0.3 is 11.7 Å². The van der Waals surface area contributed by atoms with Crippen molar-refractivity contribution in [2.24, 2.45) is 20.0 Å². The summed E-state index contributed by atoms with van der Waals surface area (Å²) in [5, 5.41) is 9.37. The lowest BCUT2D eigenvalue weighted by Crippen LogP contribution is -2.42. The van der Waals surface area contributed by atoms with Crippen LogP contribution in [-0.4, -0.2) is 26.8 Å². The minimum absolute atomic E-state index is 0.185. The first kappa shape index (κ1) is 16.9. The number of anilines is 1. The third kappa shape index (κ3) is 3.07. The highest BCUT2D eigenvalue weighted by Gasteiger charge is 2.29. The van der Waals surface area contributed by atoms with Gasteiger partial charge in [0.1, 0.15) is 5.82 Å². The molecule has 1 aliphatic heterocycles. The number of carbonyl (C=O) groups is 1. The maximum Gasteiger partial charge on any atom is 0.330 e. The third-order valence-corrected chi connectivity index (χ3v) is 4.62. The Balaban J connectivity index is 2.04. The molecule has 25 heavy (non-hydrogen) atoms. The minimum atomic E-state index is -0.960. The Hall–Kier alpha value is -2.90. The van der Waals surface area contributed by atoms with Crippen LogP contribution in [0.1, 0.15) is 11.3 Å². The number of fused-ring (bicyclic) bond motifs is 1. The minimum Gasteiger partial charge on any atom is -0.481 e. The number of rotatable bonds is 3. The van der Waals surface area contributed by atoms with Crippen molar-refractivity contribution in [3.63, 3.8) is 0 Å². The van der Waals surface area contributed by atoms with Crippen LogP contribution in [0, 0.1) is 11.7 Å². The molecule has 3 rings (SSSR count). The van der Waals surface area contributed by atoms with Gasteiger partial charge in [0.15, 0.2) is 0 Å². The molecular formula is C17H18FN3O4. The maximum absolute atomic E-state index is 13.5. The lowest BCUT2D eigenvalue weighted by atomic mass is 9.92. The second kappa shape index (κ2) is 6.19. The molecule has 2 aromatic rings. The van der Waals surface area contributed by atoms with E-state index >= 15 is 0 Å². The van der Waals surface area contributed by atoms with Gasteiger partial charge in [0.25, 0.3) is 5.56 Å². The first-order valence-corrected chi connectivity index (χ1v) is 7.80. The summed E-state index contributed by atoms with van der Waals surface area (Å²) in [7, 11) is 2.95. The van der Waals surface area contributed by atoms with Crippen LogP contribution in [-0.2, 0) is 31.9 Å². The highest BCUT2D eigenvalue weighted by atomic mass is 19.1. The van der Waals surface area contributed by atoms with Gasteiger partial charge in [0.05, 0.1) is 12.5 Å². The molecule has 0 fully saturated rings. The van der Waals surface area contributed by atoms with Crippen molar-refractivity contribution in [3.8, 4) is 0 Å². The number of hydrogen-bond acceptors (Lipinski definition) is 4. The van der Waals surface area contributed by atoms with Gasteiger partial charge in [0.2, 0.25) is 0 Å². The molecule has 1 N–H and O–H groups in total. The quantitative estimate of drug-likeness (QED) is 0.873. The molecule has 132 valence electrons. The molecule has 0 aliphatic carbocycles. The number of carboxylic acid groups (broad SMARTS) is 1. The van der Waals surface area contributed by atoms with Crippen LogP contribution < -0.4 is 16.1 Å². The van der Waals surface area contributed by atoms with E-state index in [-0.39, 0.29) is 19.5 Å². The number of hydrogen-bond donors (Lipinski definition) is 1. The Morgan fingerprint density at radius 1 is 1.24 bits per heavy atom. The SMILES string of the molecule is Cn1c(CN2CC(C(=O)O)Cc3cc(F)ccc32)cc(=O)n(C)c1=O. The number of aromatic nitrogens is 2. The van der Waals surface area contributed by atoms with E-state index in [9.17, 15) is 23.9 Å². The summed E-state index contributed by atoms with van der Waals surface area (Å²) in [4.78, 5) is 37.2. The highest BCUT2D eigenvalue weighted by molar-refractivity contribution is 5.74. The largest absolute Gasteiger partial charge is 0.481 e. The maximum atomic E-state index is 13.5. The van der Waals surface area contributed by atoms with Gasteiger partial charge in [-0.2, -0.15) is 0 Å². The fourth-order valence-electron chi connectivity index (χ4n) is 3.16. The fraction of sp³-hybridized carbons (Fsp3) is 0.353. The van der Waals surface area contributed by atoms with Gasteiger partial charge in [-0.25, -0.2) is 9.18 Å². The van der Waals surface area contributed by atoms with E-state index < -0.39 is 29.0 Å². The summed E-state index contributed by atoms with van der Waals surface area (Å²) < 4.78 is 15.9. The monoisotopic (exact) mass is 347 g/mol. The summed E-state index contributed by atoms with van der Waals surface area (Å²) in [6.07, 6.45) is 0.244. The molecule has 0 bridgehead atoms. The Bertz CT molecular complexity index is 963. The molecule has 0 radical (unpaired) electrons. The molecule has 1 aromatic heterocycles. The molecule has 1 atom stereocenters. The molecule has 0 saturated carbocycles. The summed E-state index contributed by atoms with van der Waals surface area (Å²) in [5.41, 5.74) is 0.909. The van der Waals surface area contributed by atoms with Gasteiger partial charge in [-0.15, -0.1) is 0 Å². The summed E-state index contributed by atoms with van der Waals surface area (Å²) >= 11 is 0. The second-order valence-corrected chi connectivity index (χ2v) is 6.27. The zero-order chi connectivity index (χ0) is 18.3. The molecule has 1 aromatic carbocycles. The van der Waals surface area contributed by atoms with Crippen molar-refractivity contribution in [2.75, 3.05) is 11.4 Å². The molecular weight excluding hydrogens is 329 g/mol. The standard InChI is InChI=1S/C17H18FN3O4/c1-19-13(7-15(22)20(2)17(19)25)9-21-8-11(16(23)24)5-10-6-12(18)3-4-14(10)21/h3-4,6-7,11H,5,8-9H2,1-2H3,(H,23,24). The van der Waals surface area contributed by atoms with Gasteiger partial charge in [0, 0.05) is 38.1 Å². The molecule has 8 heteroatoms. The topological polar surface area (TPSA) is 84.5 Å². The van der Waals surface area contributed by atoms with E-state index in [1.54, 1.807) is 18.0 Å².